The Bertz CT molecular complexity index is 744. The van der Waals surface area contributed by atoms with E-state index >= 15 is 0 Å². The molecule has 2 aliphatic rings. The SMILES string of the molecule is O[C@@H]1[C@@H](O)[C@H](Nc2ccccc2F)O[C@@H]2COC(c3ccccc3)O[C@@H]12. The number of hydrogen-bond acceptors (Lipinski definition) is 6. The highest BCUT2D eigenvalue weighted by atomic mass is 19.1. The van der Waals surface area contributed by atoms with Gasteiger partial charge in [0.25, 0.3) is 0 Å². The van der Waals surface area contributed by atoms with E-state index in [1.165, 1.54) is 12.1 Å². The highest BCUT2D eigenvalue weighted by Crippen LogP contribution is 2.34. The van der Waals surface area contributed by atoms with Crippen LogP contribution in [0.1, 0.15) is 11.9 Å². The maximum absolute atomic E-state index is 13.8. The predicted octanol–water partition coefficient (Wildman–Crippen LogP) is 1.80. The van der Waals surface area contributed by atoms with Crippen LogP contribution in [0.25, 0.3) is 0 Å². The zero-order chi connectivity index (χ0) is 18.1. The van der Waals surface area contributed by atoms with Gasteiger partial charge in [-0.1, -0.05) is 42.5 Å². The molecule has 7 heteroatoms. The molecule has 6 atom stereocenters. The van der Waals surface area contributed by atoms with E-state index in [2.05, 4.69) is 5.32 Å². The normalized spacial score (nSPS) is 34.1. The Labute approximate surface area is 150 Å². The van der Waals surface area contributed by atoms with E-state index in [0.717, 1.165) is 5.56 Å². The summed E-state index contributed by atoms with van der Waals surface area (Å²) in [6.07, 6.45) is -5.44. The van der Waals surface area contributed by atoms with Gasteiger partial charge in [-0.2, -0.15) is 0 Å². The minimum Gasteiger partial charge on any atom is -0.387 e. The van der Waals surface area contributed by atoms with E-state index in [9.17, 15) is 14.6 Å². The second-order valence-corrected chi connectivity index (χ2v) is 6.38. The monoisotopic (exact) mass is 361 g/mol. The van der Waals surface area contributed by atoms with Crippen LogP contribution < -0.4 is 5.32 Å². The van der Waals surface area contributed by atoms with Gasteiger partial charge in [0.2, 0.25) is 0 Å². The lowest BCUT2D eigenvalue weighted by atomic mass is 9.97. The number of ether oxygens (including phenoxy) is 3. The van der Waals surface area contributed by atoms with Gasteiger partial charge >= 0.3 is 0 Å². The summed E-state index contributed by atoms with van der Waals surface area (Å²) in [5, 5.41) is 23.7. The molecule has 0 bridgehead atoms. The van der Waals surface area contributed by atoms with Crippen molar-refractivity contribution in [3.8, 4) is 0 Å². The van der Waals surface area contributed by atoms with Crippen LogP contribution in [0.15, 0.2) is 54.6 Å². The maximum atomic E-state index is 13.8. The quantitative estimate of drug-likeness (QED) is 0.774. The highest BCUT2D eigenvalue weighted by Gasteiger charge is 2.48. The number of anilines is 1. The van der Waals surface area contributed by atoms with Gasteiger partial charge in [0.1, 0.15) is 30.2 Å². The lowest BCUT2D eigenvalue weighted by molar-refractivity contribution is -0.325. The molecule has 6 nitrogen and oxygen atoms in total. The zero-order valence-corrected chi connectivity index (χ0v) is 13.9. The first-order chi connectivity index (χ1) is 12.6. The van der Waals surface area contributed by atoms with Crippen molar-refractivity contribution < 1.29 is 28.8 Å². The largest absolute Gasteiger partial charge is 0.387 e. The number of aliphatic hydroxyl groups excluding tert-OH is 2. The van der Waals surface area contributed by atoms with Crippen LogP contribution in [-0.2, 0) is 14.2 Å². The second kappa shape index (κ2) is 7.30. The molecule has 0 radical (unpaired) electrons. The molecule has 0 saturated carbocycles. The molecule has 0 spiro atoms. The van der Waals surface area contributed by atoms with Gasteiger partial charge in [0.15, 0.2) is 12.5 Å². The molecule has 0 aromatic heterocycles. The van der Waals surface area contributed by atoms with Crippen LogP contribution in [-0.4, -0.2) is 47.5 Å². The molecule has 138 valence electrons. The number of nitrogens with one attached hydrogen (secondary N) is 1. The van der Waals surface area contributed by atoms with Crippen molar-refractivity contribution in [2.45, 2.75) is 36.9 Å². The standard InChI is InChI=1S/C19H20FNO5/c20-12-8-4-5-9-13(12)21-18-16(23)15(22)17-14(25-18)10-24-19(26-17)11-6-2-1-3-7-11/h1-9,14-19,21-23H,10H2/t14-,15-,16-,17-,18-,19?/m1/s1. The fraction of sp³-hybridized carbons (Fsp3) is 0.368. The summed E-state index contributed by atoms with van der Waals surface area (Å²) in [6, 6.07) is 15.4. The van der Waals surface area contributed by atoms with Gasteiger partial charge in [-0.25, -0.2) is 4.39 Å². The fourth-order valence-corrected chi connectivity index (χ4v) is 3.24. The van der Waals surface area contributed by atoms with Crippen molar-refractivity contribution in [3.63, 3.8) is 0 Å². The lowest BCUT2D eigenvalue weighted by Crippen LogP contribution is -2.63. The molecule has 2 saturated heterocycles. The maximum Gasteiger partial charge on any atom is 0.184 e. The molecule has 2 aromatic rings. The van der Waals surface area contributed by atoms with Crippen LogP contribution >= 0.6 is 0 Å². The van der Waals surface area contributed by atoms with E-state index in [1.807, 2.05) is 30.3 Å². The summed E-state index contributed by atoms with van der Waals surface area (Å²) in [5.41, 5.74) is 1.00. The summed E-state index contributed by atoms with van der Waals surface area (Å²) >= 11 is 0. The van der Waals surface area contributed by atoms with E-state index in [1.54, 1.807) is 12.1 Å². The van der Waals surface area contributed by atoms with Crippen molar-refractivity contribution in [2.24, 2.45) is 0 Å². The first-order valence-electron chi connectivity index (χ1n) is 8.48. The molecule has 2 aromatic carbocycles. The Morgan fingerprint density at radius 1 is 0.923 bits per heavy atom. The third kappa shape index (κ3) is 3.32. The third-order valence-corrected chi connectivity index (χ3v) is 4.62. The van der Waals surface area contributed by atoms with Crippen molar-refractivity contribution in [3.05, 3.63) is 66.0 Å². The first-order valence-corrected chi connectivity index (χ1v) is 8.48. The summed E-state index contributed by atoms with van der Waals surface area (Å²) < 4.78 is 31.1. The number of benzene rings is 2. The van der Waals surface area contributed by atoms with Crippen LogP contribution in [0.4, 0.5) is 10.1 Å². The zero-order valence-electron chi connectivity index (χ0n) is 13.9. The third-order valence-electron chi connectivity index (χ3n) is 4.62. The number of hydrogen-bond donors (Lipinski definition) is 3. The number of rotatable bonds is 3. The van der Waals surface area contributed by atoms with Crippen LogP contribution in [0.2, 0.25) is 0 Å². The number of halogens is 1. The summed E-state index contributed by atoms with van der Waals surface area (Å²) in [5.74, 6) is -0.472. The molecule has 0 aliphatic carbocycles. The van der Waals surface area contributed by atoms with E-state index < -0.39 is 42.8 Å². The van der Waals surface area contributed by atoms with Crippen molar-refractivity contribution in [1.82, 2.24) is 0 Å². The molecule has 2 fully saturated rings. The smallest absolute Gasteiger partial charge is 0.184 e. The predicted molar refractivity (Wildman–Crippen MR) is 90.7 cm³/mol. The van der Waals surface area contributed by atoms with Gasteiger partial charge in [0.05, 0.1) is 12.3 Å². The summed E-state index contributed by atoms with van der Waals surface area (Å²) in [4.78, 5) is 0. The van der Waals surface area contributed by atoms with E-state index in [0.29, 0.717) is 0 Å². The van der Waals surface area contributed by atoms with Gasteiger partial charge in [-0.3, -0.25) is 0 Å². The van der Waals surface area contributed by atoms with Gasteiger partial charge < -0.3 is 29.7 Å². The summed E-state index contributed by atoms with van der Waals surface area (Å²) in [7, 11) is 0. The number of para-hydroxylation sites is 1. The van der Waals surface area contributed by atoms with Gasteiger partial charge in [-0.05, 0) is 12.1 Å². The Morgan fingerprint density at radius 2 is 1.65 bits per heavy atom. The lowest BCUT2D eigenvalue weighted by Gasteiger charge is -2.46. The average Bonchev–Trinajstić information content (AvgIpc) is 2.68. The molecule has 4 rings (SSSR count). The van der Waals surface area contributed by atoms with E-state index in [-0.39, 0.29) is 12.3 Å². The average molecular weight is 361 g/mol. The van der Waals surface area contributed by atoms with Crippen molar-refractivity contribution in [1.29, 1.82) is 0 Å². The Morgan fingerprint density at radius 3 is 2.42 bits per heavy atom. The molecule has 3 N–H and O–H groups in total. The number of fused-ring (bicyclic) bond motifs is 1. The molecule has 0 amide bonds. The second-order valence-electron chi connectivity index (χ2n) is 6.38. The molecular weight excluding hydrogens is 341 g/mol. The van der Waals surface area contributed by atoms with Crippen molar-refractivity contribution in [2.75, 3.05) is 11.9 Å². The minimum absolute atomic E-state index is 0.182. The van der Waals surface area contributed by atoms with Crippen LogP contribution in [0, 0.1) is 5.82 Å². The first kappa shape index (κ1) is 17.4. The Balaban J connectivity index is 1.47. The Hall–Kier alpha value is -2.03. The van der Waals surface area contributed by atoms with Crippen LogP contribution in [0.3, 0.4) is 0 Å². The van der Waals surface area contributed by atoms with Crippen molar-refractivity contribution >= 4 is 5.69 Å². The molecule has 2 heterocycles. The van der Waals surface area contributed by atoms with E-state index in [4.69, 9.17) is 14.2 Å². The Kier molecular flexibility index (Phi) is 4.88. The number of aliphatic hydroxyl groups is 2. The summed E-state index contributed by atoms with van der Waals surface area (Å²) in [6.45, 7) is 0.184. The molecule has 26 heavy (non-hydrogen) atoms. The van der Waals surface area contributed by atoms with Gasteiger partial charge in [-0.15, -0.1) is 0 Å². The highest BCUT2D eigenvalue weighted by molar-refractivity contribution is 5.45. The van der Waals surface area contributed by atoms with Crippen LogP contribution in [0.5, 0.6) is 0 Å². The molecule has 2 aliphatic heterocycles. The minimum atomic E-state index is -1.29. The van der Waals surface area contributed by atoms with Gasteiger partial charge in [0, 0.05) is 5.56 Å². The topological polar surface area (TPSA) is 80.2 Å². The molecule has 1 unspecified atom stereocenters. The fourth-order valence-electron chi connectivity index (χ4n) is 3.24. The molecular formula is C19H20FNO5.